The lowest BCUT2D eigenvalue weighted by Crippen LogP contribution is -2.45. The van der Waals surface area contributed by atoms with E-state index in [4.69, 9.17) is 14.5 Å². The fourth-order valence-electron chi connectivity index (χ4n) is 5.60. The van der Waals surface area contributed by atoms with E-state index in [0.717, 1.165) is 62.1 Å². The Bertz CT molecular complexity index is 1810. The molecule has 44 heavy (non-hydrogen) atoms. The summed E-state index contributed by atoms with van der Waals surface area (Å²) >= 11 is 3.63. The van der Waals surface area contributed by atoms with Gasteiger partial charge in [0.15, 0.2) is 0 Å². The van der Waals surface area contributed by atoms with Gasteiger partial charge in [-0.15, -0.1) is 0 Å². The average Bonchev–Trinajstić information content (AvgIpc) is 3.43. The molecule has 1 fully saturated rings. The van der Waals surface area contributed by atoms with Crippen molar-refractivity contribution in [3.05, 3.63) is 59.7 Å². The molecule has 2 aromatic carbocycles. The Morgan fingerprint density at radius 2 is 1.77 bits per heavy atom. The topological polar surface area (TPSA) is 115 Å². The van der Waals surface area contributed by atoms with Crippen molar-refractivity contribution in [2.75, 3.05) is 49.1 Å². The largest absolute Gasteiger partial charge is 0.494 e. The first-order chi connectivity index (χ1) is 21.2. The van der Waals surface area contributed by atoms with E-state index in [0.29, 0.717) is 17.5 Å². The summed E-state index contributed by atoms with van der Waals surface area (Å²) in [5, 5.41) is 12.5. The van der Waals surface area contributed by atoms with Crippen LogP contribution in [0.2, 0.25) is 0 Å². The van der Waals surface area contributed by atoms with Crippen molar-refractivity contribution in [2.45, 2.75) is 26.1 Å². The first-order valence-electron chi connectivity index (χ1n) is 14.3. The highest BCUT2D eigenvalue weighted by molar-refractivity contribution is 9.10. The summed E-state index contributed by atoms with van der Waals surface area (Å²) < 4.78 is 14.5. The van der Waals surface area contributed by atoms with Crippen LogP contribution in [0.15, 0.2) is 59.7 Å². The van der Waals surface area contributed by atoms with Crippen LogP contribution in [0.3, 0.4) is 0 Å². The SMILES string of the molecule is COc1cc(N2CC(C)OC(C)C2)c(-c2cnn(C)c2)cc1Nc1ncc(Br)c(Nc2ccc3nccnc3c2P(C)C)n1. The summed E-state index contributed by atoms with van der Waals surface area (Å²) in [6, 6.07) is 8.16. The van der Waals surface area contributed by atoms with Crippen LogP contribution >= 0.6 is 23.9 Å². The number of halogens is 1. The van der Waals surface area contributed by atoms with Crippen LogP contribution in [0, 0.1) is 0 Å². The zero-order chi connectivity index (χ0) is 31.0. The minimum absolute atomic E-state index is 0.110. The van der Waals surface area contributed by atoms with Crippen LogP contribution in [0.1, 0.15) is 13.8 Å². The number of anilines is 5. The first-order valence-corrected chi connectivity index (χ1v) is 17.3. The quantitative estimate of drug-likeness (QED) is 0.188. The number of nitrogens with one attached hydrogen (secondary N) is 2. The lowest BCUT2D eigenvalue weighted by atomic mass is 10.0. The second kappa shape index (κ2) is 12.6. The normalized spacial score (nSPS) is 16.9. The Kier molecular flexibility index (Phi) is 8.66. The van der Waals surface area contributed by atoms with Gasteiger partial charge in [-0.2, -0.15) is 10.1 Å². The number of aryl methyl sites for hydroxylation is 1. The van der Waals surface area contributed by atoms with Gasteiger partial charge in [-0.05, 0) is 61.3 Å². The van der Waals surface area contributed by atoms with Crippen molar-refractivity contribution in [1.82, 2.24) is 29.7 Å². The van der Waals surface area contributed by atoms with E-state index >= 15 is 0 Å². The van der Waals surface area contributed by atoms with Gasteiger partial charge in [-0.3, -0.25) is 14.6 Å². The number of hydrogen-bond acceptors (Lipinski definition) is 10. The van der Waals surface area contributed by atoms with Gasteiger partial charge in [0.1, 0.15) is 11.6 Å². The lowest BCUT2D eigenvalue weighted by molar-refractivity contribution is -0.00519. The molecule has 13 heteroatoms. The van der Waals surface area contributed by atoms with Gasteiger partial charge < -0.3 is 25.0 Å². The predicted octanol–water partition coefficient (Wildman–Crippen LogP) is 6.06. The van der Waals surface area contributed by atoms with Crippen LogP contribution in [0.5, 0.6) is 5.75 Å². The highest BCUT2D eigenvalue weighted by Gasteiger charge is 2.26. The Hall–Kier alpha value is -3.86. The Balaban J connectivity index is 1.37. The van der Waals surface area contributed by atoms with E-state index in [9.17, 15) is 0 Å². The molecule has 3 aromatic heterocycles. The van der Waals surface area contributed by atoms with Crippen molar-refractivity contribution in [1.29, 1.82) is 0 Å². The van der Waals surface area contributed by atoms with E-state index in [1.165, 1.54) is 0 Å². The van der Waals surface area contributed by atoms with Gasteiger partial charge in [-0.25, -0.2) is 4.98 Å². The summed E-state index contributed by atoms with van der Waals surface area (Å²) in [6.45, 7) is 10.2. The number of rotatable bonds is 8. The molecule has 2 atom stereocenters. The summed E-state index contributed by atoms with van der Waals surface area (Å²) in [4.78, 5) is 20.9. The molecule has 0 amide bonds. The third-order valence-corrected chi connectivity index (χ3v) is 9.33. The standard InChI is InChI=1S/C31H35BrN9O2P/c1-18-15-41(16-19(2)43-18)26-12-27(42-4)25(11-21(26)20-13-36-40(3)17-20)38-31-35-14-22(32)30(39-31)37-24-8-7-23-28(29(24)44(5)6)34-10-9-33-23/h7-14,17-19H,15-16H2,1-6H3,(H2,35,37,38,39). The number of hydrogen-bond donors (Lipinski definition) is 2. The molecule has 0 spiro atoms. The molecule has 1 aliphatic rings. The molecule has 4 heterocycles. The average molecular weight is 677 g/mol. The zero-order valence-electron chi connectivity index (χ0n) is 25.5. The summed E-state index contributed by atoms with van der Waals surface area (Å²) in [6.07, 6.45) is 9.30. The van der Waals surface area contributed by atoms with E-state index in [1.807, 2.05) is 36.3 Å². The van der Waals surface area contributed by atoms with E-state index in [2.05, 4.69) is 90.8 Å². The number of aromatic nitrogens is 6. The zero-order valence-corrected chi connectivity index (χ0v) is 28.0. The van der Waals surface area contributed by atoms with Crippen molar-refractivity contribution < 1.29 is 9.47 Å². The van der Waals surface area contributed by atoms with E-state index in [-0.39, 0.29) is 12.2 Å². The molecule has 228 valence electrons. The Labute approximate surface area is 266 Å². The predicted molar refractivity (Wildman–Crippen MR) is 182 cm³/mol. The maximum Gasteiger partial charge on any atom is 0.229 e. The molecule has 6 rings (SSSR count). The molecular weight excluding hydrogens is 641 g/mol. The molecular formula is C31H35BrN9O2P. The van der Waals surface area contributed by atoms with Crippen LogP contribution in [0.4, 0.5) is 28.8 Å². The highest BCUT2D eigenvalue weighted by atomic mass is 79.9. The van der Waals surface area contributed by atoms with Crippen molar-refractivity contribution >= 4 is 69.0 Å². The van der Waals surface area contributed by atoms with Gasteiger partial charge in [0.2, 0.25) is 5.95 Å². The number of nitrogens with zero attached hydrogens (tertiary/aromatic N) is 7. The highest BCUT2D eigenvalue weighted by Crippen LogP contribution is 2.41. The number of methoxy groups -OCH3 is 1. The number of ether oxygens (including phenoxy) is 2. The van der Waals surface area contributed by atoms with Gasteiger partial charge in [0.05, 0.1) is 46.7 Å². The van der Waals surface area contributed by atoms with Crippen molar-refractivity contribution in [3.63, 3.8) is 0 Å². The summed E-state index contributed by atoms with van der Waals surface area (Å²) in [5.41, 5.74) is 6.53. The Morgan fingerprint density at radius 3 is 2.48 bits per heavy atom. The second-order valence-electron chi connectivity index (χ2n) is 11.1. The maximum absolute atomic E-state index is 6.02. The number of benzene rings is 2. The molecule has 11 nitrogen and oxygen atoms in total. The van der Waals surface area contributed by atoms with Gasteiger partial charge in [0.25, 0.3) is 0 Å². The second-order valence-corrected chi connectivity index (χ2v) is 14.1. The van der Waals surface area contributed by atoms with Gasteiger partial charge in [0, 0.05) is 78.8 Å². The molecule has 1 aliphatic heterocycles. The lowest BCUT2D eigenvalue weighted by Gasteiger charge is -2.38. The van der Waals surface area contributed by atoms with Crippen molar-refractivity contribution in [2.24, 2.45) is 7.05 Å². The number of fused-ring (bicyclic) bond motifs is 1. The Morgan fingerprint density at radius 1 is 1.00 bits per heavy atom. The molecule has 2 unspecified atom stereocenters. The van der Waals surface area contributed by atoms with E-state index in [1.54, 1.807) is 25.7 Å². The molecule has 2 N–H and O–H groups in total. The van der Waals surface area contributed by atoms with Gasteiger partial charge in [-0.1, -0.05) is 7.92 Å². The molecule has 0 bridgehead atoms. The van der Waals surface area contributed by atoms with Crippen LogP contribution < -0.4 is 25.6 Å². The molecule has 0 radical (unpaired) electrons. The van der Waals surface area contributed by atoms with Crippen LogP contribution in [0.25, 0.3) is 22.2 Å². The number of morpholine rings is 1. The van der Waals surface area contributed by atoms with Crippen LogP contribution in [-0.2, 0) is 11.8 Å². The summed E-state index contributed by atoms with van der Waals surface area (Å²) in [7, 11) is 3.10. The molecule has 5 aromatic rings. The van der Waals surface area contributed by atoms with Crippen LogP contribution in [-0.4, -0.2) is 75.5 Å². The molecule has 1 saturated heterocycles. The first kappa shape index (κ1) is 30.2. The third kappa shape index (κ3) is 6.20. The van der Waals surface area contributed by atoms with Crippen molar-refractivity contribution in [3.8, 4) is 16.9 Å². The fourth-order valence-corrected chi connectivity index (χ4v) is 7.10. The summed E-state index contributed by atoms with van der Waals surface area (Å²) in [5.74, 6) is 1.73. The smallest absolute Gasteiger partial charge is 0.229 e. The van der Waals surface area contributed by atoms with Gasteiger partial charge >= 0.3 is 0 Å². The minimum atomic E-state index is -0.489. The van der Waals surface area contributed by atoms with E-state index < -0.39 is 7.92 Å². The monoisotopic (exact) mass is 675 g/mol. The third-order valence-electron chi connectivity index (χ3n) is 7.40. The maximum atomic E-state index is 6.02. The molecule has 0 saturated carbocycles. The molecule has 0 aliphatic carbocycles. The minimum Gasteiger partial charge on any atom is -0.494 e. The fraction of sp³-hybridized carbons (Fsp3) is 0.323.